The number of rotatable bonds is 9. The Hall–Kier alpha value is -2.50. The molecule has 7 nitrogen and oxygen atoms in total. The van der Waals surface area contributed by atoms with Crippen molar-refractivity contribution in [3.05, 3.63) is 58.9 Å². The number of nitrogens with zero attached hydrogens (tertiary/aromatic N) is 2. The number of nitrogens with one attached hydrogen (secondary N) is 1. The Bertz CT molecular complexity index is 1230. The number of sulfone groups is 1. The Labute approximate surface area is 221 Å². The summed E-state index contributed by atoms with van der Waals surface area (Å²) in [5.74, 6) is -1.26. The summed E-state index contributed by atoms with van der Waals surface area (Å²) in [5, 5.41) is 2.95. The number of aromatic nitrogens is 1. The number of carbonyl (C=O) groups excluding carboxylic acids is 1. The van der Waals surface area contributed by atoms with Crippen molar-refractivity contribution in [1.29, 1.82) is 0 Å². The van der Waals surface area contributed by atoms with Crippen molar-refractivity contribution in [3.8, 4) is 0 Å². The summed E-state index contributed by atoms with van der Waals surface area (Å²) in [6.07, 6.45) is -1.03. The second-order valence-corrected chi connectivity index (χ2v) is 12.5. The number of hydrogen-bond donors (Lipinski definition) is 1. The zero-order valence-corrected chi connectivity index (χ0v) is 22.4. The lowest BCUT2D eigenvalue weighted by Gasteiger charge is -2.32. The third-order valence-electron chi connectivity index (χ3n) is 7.58. The molecule has 1 aliphatic carbocycles. The van der Waals surface area contributed by atoms with Crippen LogP contribution in [0.25, 0.3) is 0 Å². The van der Waals surface area contributed by atoms with Crippen molar-refractivity contribution < 1.29 is 31.1 Å². The van der Waals surface area contributed by atoms with Crippen LogP contribution in [0.4, 0.5) is 13.2 Å². The molecule has 0 radical (unpaired) electrons. The van der Waals surface area contributed by atoms with Crippen LogP contribution in [0.5, 0.6) is 0 Å². The highest BCUT2D eigenvalue weighted by Crippen LogP contribution is 2.40. The molecular weight excluding hydrogens is 519 g/mol. The molecule has 38 heavy (non-hydrogen) atoms. The Kier molecular flexibility index (Phi) is 8.78. The van der Waals surface area contributed by atoms with Crippen molar-refractivity contribution in [1.82, 2.24) is 15.2 Å². The minimum atomic E-state index is -4.10. The average Bonchev–Trinajstić information content (AvgIpc) is 3.29. The highest BCUT2D eigenvalue weighted by atomic mass is 32.2. The van der Waals surface area contributed by atoms with E-state index in [1.165, 1.54) is 25.4 Å². The van der Waals surface area contributed by atoms with Gasteiger partial charge in [-0.05, 0) is 60.9 Å². The van der Waals surface area contributed by atoms with Crippen molar-refractivity contribution in [2.75, 3.05) is 26.0 Å². The van der Waals surface area contributed by atoms with Crippen molar-refractivity contribution in [2.45, 2.75) is 62.8 Å². The quantitative estimate of drug-likeness (QED) is 0.485. The summed E-state index contributed by atoms with van der Waals surface area (Å²) in [6, 6.07) is 7.75. The van der Waals surface area contributed by atoms with E-state index in [0.29, 0.717) is 31.5 Å². The maximum atomic E-state index is 13.1. The summed E-state index contributed by atoms with van der Waals surface area (Å²) in [7, 11) is -1.80. The highest BCUT2D eigenvalue weighted by molar-refractivity contribution is 7.91. The van der Waals surface area contributed by atoms with Gasteiger partial charge in [0.05, 0.1) is 40.5 Å². The van der Waals surface area contributed by atoms with Gasteiger partial charge in [0, 0.05) is 32.9 Å². The first kappa shape index (κ1) is 28.5. The summed E-state index contributed by atoms with van der Waals surface area (Å²) in [4.78, 5) is 20.0. The van der Waals surface area contributed by atoms with Gasteiger partial charge >= 0.3 is 6.18 Å². The first-order valence-corrected chi connectivity index (χ1v) is 14.5. The van der Waals surface area contributed by atoms with Gasteiger partial charge < -0.3 is 10.1 Å². The molecule has 2 aliphatic rings. The molecule has 0 spiro atoms. The van der Waals surface area contributed by atoms with E-state index in [4.69, 9.17) is 4.74 Å². The van der Waals surface area contributed by atoms with Gasteiger partial charge in [-0.25, -0.2) is 8.42 Å². The lowest BCUT2D eigenvalue weighted by molar-refractivity contribution is -0.184. The van der Waals surface area contributed by atoms with Gasteiger partial charge in [0.15, 0.2) is 9.84 Å². The van der Waals surface area contributed by atoms with E-state index in [1.807, 2.05) is 6.07 Å². The van der Waals surface area contributed by atoms with E-state index in [9.17, 15) is 26.4 Å². The monoisotopic (exact) mass is 553 g/mol. The van der Waals surface area contributed by atoms with Crippen LogP contribution < -0.4 is 5.32 Å². The molecule has 1 saturated carbocycles. The molecule has 0 bridgehead atoms. The fourth-order valence-corrected chi connectivity index (χ4v) is 6.21. The summed E-state index contributed by atoms with van der Waals surface area (Å²) >= 11 is 0. The number of benzene rings is 1. The van der Waals surface area contributed by atoms with E-state index in [1.54, 1.807) is 19.1 Å². The topological polar surface area (TPSA) is 88.6 Å². The number of hydrogen-bond acceptors (Lipinski definition) is 6. The van der Waals surface area contributed by atoms with Gasteiger partial charge in [-0.15, -0.1) is 0 Å². The molecule has 0 unspecified atom stereocenters. The summed E-state index contributed by atoms with van der Waals surface area (Å²) < 4.78 is 68.4. The van der Waals surface area contributed by atoms with Crippen LogP contribution in [0.2, 0.25) is 0 Å². The molecule has 1 amide bonds. The van der Waals surface area contributed by atoms with Gasteiger partial charge in [0.25, 0.3) is 5.91 Å². The van der Waals surface area contributed by atoms with E-state index in [-0.39, 0.29) is 41.9 Å². The second-order valence-electron chi connectivity index (χ2n) is 10.2. The van der Waals surface area contributed by atoms with Gasteiger partial charge in [0.1, 0.15) is 0 Å². The number of ether oxygens (including phenoxy) is 1. The Morgan fingerprint density at radius 1 is 1.16 bits per heavy atom. The van der Waals surface area contributed by atoms with E-state index in [2.05, 4.69) is 15.2 Å². The van der Waals surface area contributed by atoms with Crippen molar-refractivity contribution >= 4 is 15.7 Å². The molecule has 1 aromatic heterocycles. The van der Waals surface area contributed by atoms with E-state index in [0.717, 1.165) is 23.4 Å². The Morgan fingerprint density at radius 3 is 2.45 bits per heavy atom. The lowest BCUT2D eigenvalue weighted by Crippen LogP contribution is -2.32. The predicted octanol–water partition coefficient (Wildman–Crippen LogP) is 4.68. The molecule has 1 aromatic carbocycles. The molecule has 1 N–H and O–H groups in total. The number of carbonyl (C=O) groups is 1. The first-order valence-electron chi connectivity index (χ1n) is 12.9. The fourth-order valence-electron chi connectivity index (χ4n) is 5.32. The lowest BCUT2D eigenvalue weighted by atomic mass is 9.81. The zero-order valence-electron chi connectivity index (χ0n) is 21.6. The van der Waals surface area contributed by atoms with E-state index < -0.39 is 28.0 Å². The molecule has 2 aromatic rings. The Balaban J connectivity index is 1.36. The molecule has 2 heterocycles. The molecule has 11 heteroatoms. The molecule has 4 rings (SSSR count). The van der Waals surface area contributed by atoms with Crippen molar-refractivity contribution in [2.24, 2.45) is 11.8 Å². The zero-order chi connectivity index (χ0) is 27.5. The second kappa shape index (κ2) is 11.7. The predicted molar refractivity (Wildman–Crippen MR) is 136 cm³/mol. The molecular formula is C27H34F3N3O4S. The third-order valence-corrected chi connectivity index (χ3v) is 9.33. The van der Waals surface area contributed by atoms with Crippen LogP contribution in [-0.4, -0.2) is 56.4 Å². The molecule has 1 fully saturated rings. The number of methoxy groups -OCH3 is 1. The largest absolute Gasteiger partial charge is 0.391 e. The number of fused-ring (bicyclic) bond motifs is 1. The summed E-state index contributed by atoms with van der Waals surface area (Å²) in [6.45, 7) is 3.74. The number of pyridine rings is 1. The minimum absolute atomic E-state index is 0.00647. The van der Waals surface area contributed by atoms with Crippen LogP contribution in [0.3, 0.4) is 0 Å². The first-order chi connectivity index (χ1) is 18.0. The van der Waals surface area contributed by atoms with Crippen LogP contribution in [0.15, 0.2) is 41.4 Å². The van der Waals surface area contributed by atoms with Gasteiger partial charge in [-0.2, -0.15) is 13.2 Å². The third kappa shape index (κ3) is 6.73. The summed E-state index contributed by atoms with van der Waals surface area (Å²) in [5.41, 5.74) is 2.95. The highest BCUT2D eigenvalue weighted by Gasteiger charge is 2.41. The fraction of sp³-hybridized carbons (Fsp3) is 0.556. The van der Waals surface area contributed by atoms with Gasteiger partial charge in [-0.3, -0.25) is 14.7 Å². The maximum Gasteiger partial charge on any atom is 0.391 e. The van der Waals surface area contributed by atoms with Crippen LogP contribution in [-0.2, 0) is 27.7 Å². The maximum absolute atomic E-state index is 13.1. The number of amides is 1. The molecule has 208 valence electrons. The van der Waals surface area contributed by atoms with Gasteiger partial charge in [-0.1, -0.05) is 19.1 Å². The Morgan fingerprint density at radius 2 is 1.84 bits per heavy atom. The van der Waals surface area contributed by atoms with Crippen LogP contribution in [0, 0.1) is 11.8 Å². The van der Waals surface area contributed by atoms with Gasteiger partial charge in [0.2, 0.25) is 0 Å². The SMILES string of the molecule is CCS(=O)(=O)c1ccc([C@H](COC)NC(=O)c2cnc3c(c2)CN(CC2CCC(C(F)(F)F)CC2)C3)cc1. The normalized spacial score (nSPS) is 21.2. The van der Waals surface area contributed by atoms with E-state index >= 15 is 0 Å². The smallest absolute Gasteiger partial charge is 0.382 e. The standard InChI is InChI=1S/C27H34F3N3O4S/c1-3-38(35,36)23-10-6-19(7-11-23)25(17-37-2)32-26(34)20-12-21-15-33(16-24(21)31-13-20)14-18-4-8-22(9-5-18)27(28,29)30/h6-7,10-13,18,22,25H,3-5,8-9,14-17H2,1-2H3,(H,32,34)/t18?,22?,25-/m0/s1. The molecule has 1 atom stereocenters. The van der Waals surface area contributed by atoms with Crippen molar-refractivity contribution in [3.63, 3.8) is 0 Å². The molecule has 0 saturated heterocycles. The minimum Gasteiger partial charge on any atom is -0.382 e. The number of alkyl halides is 3. The number of halogens is 3. The average molecular weight is 554 g/mol. The molecule has 1 aliphatic heterocycles. The van der Waals surface area contributed by atoms with Crippen LogP contribution >= 0.6 is 0 Å². The van der Waals surface area contributed by atoms with Crippen LogP contribution in [0.1, 0.15) is 65.8 Å².